The Balaban J connectivity index is 2.04. The molecule has 0 saturated heterocycles. The van der Waals surface area contributed by atoms with Gasteiger partial charge in [0, 0.05) is 32.1 Å². The van der Waals surface area contributed by atoms with E-state index in [1.165, 1.54) is 49.4 Å². The van der Waals surface area contributed by atoms with Crippen molar-refractivity contribution in [3.63, 3.8) is 0 Å². The Hall–Kier alpha value is -2.89. The molecule has 0 fully saturated rings. The van der Waals surface area contributed by atoms with Gasteiger partial charge in [0.2, 0.25) is 10.0 Å². The van der Waals surface area contributed by atoms with Crippen molar-refractivity contribution in [2.75, 3.05) is 19.4 Å². The summed E-state index contributed by atoms with van der Waals surface area (Å²) in [5.74, 6) is -0.820. The number of alkyl halides is 3. The predicted octanol–water partition coefficient (Wildman–Crippen LogP) is 4.05. The molecule has 0 saturated carbocycles. The highest BCUT2D eigenvalue weighted by Crippen LogP contribution is 2.33. The smallest absolute Gasteiger partial charge is 0.320 e. The van der Waals surface area contributed by atoms with Gasteiger partial charge in [-0.15, -0.1) is 0 Å². The number of nitrogens with one attached hydrogen (secondary N) is 1. The molecule has 164 valence electrons. The summed E-state index contributed by atoms with van der Waals surface area (Å²) < 4.78 is 66.6. The average molecular weight is 473 g/mol. The molecule has 1 amide bonds. The van der Waals surface area contributed by atoms with E-state index >= 15 is 0 Å². The summed E-state index contributed by atoms with van der Waals surface area (Å²) in [7, 11) is -1.34. The van der Waals surface area contributed by atoms with Crippen molar-refractivity contribution in [3.05, 3.63) is 71.0 Å². The molecular weight excluding hydrogens is 457 g/mol. The van der Waals surface area contributed by atoms with E-state index in [0.717, 1.165) is 22.5 Å². The van der Waals surface area contributed by atoms with Gasteiger partial charge in [0.05, 0.1) is 22.0 Å². The topological polar surface area (TPSA) is 84.3 Å². The normalized spacial score (nSPS) is 12.2. The summed E-state index contributed by atoms with van der Waals surface area (Å²) in [6, 6.07) is 7.96. The van der Waals surface area contributed by atoms with Gasteiger partial charge in [0.25, 0.3) is 5.91 Å². The van der Waals surface area contributed by atoms with Crippen molar-refractivity contribution in [2.24, 2.45) is 0 Å². The first-order valence-electron chi connectivity index (χ1n) is 8.66. The molecule has 0 spiro atoms. The minimum Gasteiger partial charge on any atom is -0.320 e. The molecule has 31 heavy (non-hydrogen) atoms. The Morgan fingerprint density at radius 3 is 2.45 bits per heavy atom. The van der Waals surface area contributed by atoms with Crippen LogP contribution < -0.4 is 5.32 Å². The Morgan fingerprint density at radius 2 is 1.87 bits per heavy atom. The SMILES string of the molecule is CN(C)S(=O)(=O)c1cc(C(=O)Nc2cc(C(F)(F)F)ccc2-n2cccn2)ccc1Cl. The lowest BCUT2D eigenvalue weighted by Gasteiger charge is -2.16. The fraction of sp³-hybridized carbons (Fsp3) is 0.158. The van der Waals surface area contributed by atoms with Gasteiger partial charge < -0.3 is 5.32 Å². The average Bonchev–Trinajstić information content (AvgIpc) is 3.21. The fourth-order valence-corrected chi connectivity index (χ4v) is 4.05. The zero-order valence-corrected chi connectivity index (χ0v) is 17.8. The quantitative estimate of drug-likeness (QED) is 0.607. The molecule has 0 aliphatic heterocycles. The summed E-state index contributed by atoms with van der Waals surface area (Å²) in [6.45, 7) is 0. The number of amides is 1. The lowest BCUT2D eigenvalue weighted by atomic mass is 10.1. The monoisotopic (exact) mass is 472 g/mol. The minimum absolute atomic E-state index is 0.0958. The van der Waals surface area contributed by atoms with E-state index in [9.17, 15) is 26.4 Å². The molecular formula is C19H16ClF3N4O3S. The Bertz CT molecular complexity index is 1230. The molecule has 0 aliphatic carbocycles. The maximum Gasteiger partial charge on any atom is 0.416 e. The highest BCUT2D eigenvalue weighted by atomic mass is 35.5. The number of hydrogen-bond donors (Lipinski definition) is 1. The number of nitrogens with zero attached hydrogens (tertiary/aromatic N) is 3. The van der Waals surface area contributed by atoms with Crippen molar-refractivity contribution in [3.8, 4) is 5.69 Å². The molecule has 2 aromatic carbocycles. The van der Waals surface area contributed by atoms with Gasteiger partial charge in [-0.05, 0) is 42.5 Å². The van der Waals surface area contributed by atoms with Crippen molar-refractivity contribution in [2.45, 2.75) is 11.1 Å². The van der Waals surface area contributed by atoms with Crippen molar-refractivity contribution < 1.29 is 26.4 Å². The zero-order chi connectivity index (χ0) is 23.0. The van der Waals surface area contributed by atoms with E-state index in [0.29, 0.717) is 0 Å². The first kappa shape index (κ1) is 22.8. The van der Waals surface area contributed by atoms with E-state index in [4.69, 9.17) is 11.6 Å². The lowest BCUT2D eigenvalue weighted by molar-refractivity contribution is -0.137. The third-order valence-electron chi connectivity index (χ3n) is 4.28. The number of hydrogen-bond acceptors (Lipinski definition) is 4. The van der Waals surface area contributed by atoms with E-state index in [-0.39, 0.29) is 26.9 Å². The lowest BCUT2D eigenvalue weighted by Crippen LogP contribution is -2.23. The molecule has 0 unspecified atom stereocenters. The van der Waals surface area contributed by atoms with Gasteiger partial charge in [-0.3, -0.25) is 4.79 Å². The number of sulfonamides is 1. The second-order valence-electron chi connectivity index (χ2n) is 6.57. The molecule has 7 nitrogen and oxygen atoms in total. The van der Waals surface area contributed by atoms with Crippen molar-refractivity contribution in [1.29, 1.82) is 0 Å². The molecule has 1 aromatic heterocycles. The number of carbonyl (C=O) groups is 1. The van der Waals surface area contributed by atoms with Gasteiger partial charge in [-0.25, -0.2) is 17.4 Å². The second-order valence-corrected chi connectivity index (χ2v) is 9.09. The van der Waals surface area contributed by atoms with Crippen LogP contribution >= 0.6 is 11.6 Å². The molecule has 12 heteroatoms. The Kier molecular flexibility index (Phi) is 6.12. The van der Waals surface area contributed by atoms with E-state index in [1.807, 2.05) is 0 Å². The van der Waals surface area contributed by atoms with Crippen LogP contribution in [0.15, 0.2) is 59.8 Å². The maximum atomic E-state index is 13.2. The Labute approximate surface area is 181 Å². The predicted molar refractivity (Wildman–Crippen MR) is 109 cm³/mol. The highest BCUT2D eigenvalue weighted by Gasteiger charge is 2.31. The standard InChI is InChI=1S/C19H16ClF3N4O3S/c1-26(2)31(29,30)17-10-12(4-6-14(17)20)18(28)25-15-11-13(19(21,22)23)5-7-16(15)27-9-3-8-24-27/h3-11H,1-2H3,(H,25,28). The molecule has 0 radical (unpaired) electrons. The molecule has 1 N–H and O–H groups in total. The van der Waals surface area contributed by atoms with Gasteiger partial charge in [0.1, 0.15) is 4.90 Å². The largest absolute Gasteiger partial charge is 0.416 e. The highest BCUT2D eigenvalue weighted by molar-refractivity contribution is 7.89. The van der Waals surface area contributed by atoms with Gasteiger partial charge in [-0.1, -0.05) is 11.6 Å². The number of halogens is 4. The second kappa shape index (κ2) is 8.33. The van der Waals surface area contributed by atoms with Crippen LogP contribution in [0.5, 0.6) is 0 Å². The molecule has 3 rings (SSSR count). The first-order chi connectivity index (χ1) is 14.4. The minimum atomic E-state index is -4.63. The van der Waals surface area contributed by atoms with Crippen LogP contribution in [-0.2, 0) is 16.2 Å². The Morgan fingerprint density at radius 1 is 1.16 bits per heavy atom. The van der Waals surface area contributed by atoms with E-state index < -0.39 is 27.7 Å². The van der Waals surface area contributed by atoms with Crippen LogP contribution in [0, 0.1) is 0 Å². The molecule has 3 aromatic rings. The van der Waals surface area contributed by atoms with Gasteiger partial charge in [-0.2, -0.15) is 18.3 Å². The number of aromatic nitrogens is 2. The third kappa shape index (κ3) is 4.73. The van der Waals surface area contributed by atoms with Crippen LogP contribution in [0.4, 0.5) is 18.9 Å². The first-order valence-corrected chi connectivity index (χ1v) is 10.5. The summed E-state index contributed by atoms with van der Waals surface area (Å²) in [5, 5.41) is 6.29. The number of anilines is 1. The molecule has 1 heterocycles. The van der Waals surface area contributed by atoms with Crippen molar-refractivity contribution in [1.82, 2.24) is 14.1 Å². The molecule has 0 aliphatic rings. The van der Waals surface area contributed by atoms with Crippen LogP contribution in [0.3, 0.4) is 0 Å². The third-order valence-corrected chi connectivity index (χ3v) is 6.57. The zero-order valence-electron chi connectivity index (χ0n) is 16.2. The number of benzene rings is 2. The van der Waals surface area contributed by atoms with Crippen molar-refractivity contribution >= 4 is 33.2 Å². The van der Waals surface area contributed by atoms with Gasteiger partial charge in [0.15, 0.2) is 0 Å². The van der Waals surface area contributed by atoms with Crippen LogP contribution in [0.25, 0.3) is 5.69 Å². The number of rotatable bonds is 5. The van der Waals surface area contributed by atoms with E-state index in [1.54, 1.807) is 6.07 Å². The summed E-state index contributed by atoms with van der Waals surface area (Å²) >= 11 is 5.98. The summed E-state index contributed by atoms with van der Waals surface area (Å²) in [4.78, 5) is 12.5. The van der Waals surface area contributed by atoms with Crippen LogP contribution in [0.2, 0.25) is 5.02 Å². The molecule has 0 atom stereocenters. The van der Waals surface area contributed by atoms with Gasteiger partial charge >= 0.3 is 6.18 Å². The summed E-state index contributed by atoms with van der Waals surface area (Å²) in [6.07, 6.45) is -1.70. The van der Waals surface area contributed by atoms with Crippen LogP contribution in [0.1, 0.15) is 15.9 Å². The fourth-order valence-electron chi connectivity index (χ4n) is 2.66. The maximum absolute atomic E-state index is 13.2. The van der Waals surface area contributed by atoms with Crippen LogP contribution in [-0.4, -0.2) is 42.5 Å². The molecule has 0 bridgehead atoms. The number of carbonyl (C=O) groups excluding carboxylic acids is 1. The van der Waals surface area contributed by atoms with E-state index in [2.05, 4.69) is 10.4 Å². The summed E-state index contributed by atoms with van der Waals surface area (Å²) in [5.41, 5.74) is -1.03.